The summed E-state index contributed by atoms with van der Waals surface area (Å²) in [6, 6.07) is 12.4. The molecule has 1 amide bonds. The van der Waals surface area contributed by atoms with Gasteiger partial charge >= 0.3 is 0 Å². The Kier molecular flexibility index (Phi) is 5.27. The molecule has 0 radical (unpaired) electrons. The van der Waals surface area contributed by atoms with Crippen molar-refractivity contribution in [3.05, 3.63) is 59.9 Å². The van der Waals surface area contributed by atoms with Gasteiger partial charge in [-0.1, -0.05) is 6.07 Å². The number of hydrogen-bond donors (Lipinski definition) is 0. The molecule has 5 nitrogen and oxygen atoms in total. The first-order chi connectivity index (χ1) is 12.3. The molecule has 0 spiro atoms. The first kappa shape index (κ1) is 18.4. The second-order valence-electron chi connectivity index (χ2n) is 6.40. The van der Waals surface area contributed by atoms with Crippen molar-refractivity contribution in [3.63, 3.8) is 0 Å². The average molecular weight is 377 g/mol. The number of nitrogens with zero attached hydrogens (tertiary/aromatic N) is 1. The molecular formula is C19H20FNO4S. The maximum atomic E-state index is 13.0. The zero-order chi connectivity index (χ0) is 18.7. The van der Waals surface area contributed by atoms with Crippen LogP contribution in [0.4, 0.5) is 4.39 Å². The van der Waals surface area contributed by atoms with E-state index in [0.29, 0.717) is 43.0 Å². The first-order valence-electron chi connectivity index (χ1n) is 8.34. The highest BCUT2D eigenvalue weighted by atomic mass is 32.2. The van der Waals surface area contributed by atoms with Gasteiger partial charge in [0.05, 0.1) is 5.25 Å². The summed E-state index contributed by atoms with van der Waals surface area (Å²) in [4.78, 5) is 14.3. The molecule has 0 saturated carbocycles. The number of benzene rings is 2. The van der Waals surface area contributed by atoms with E-state index in [9.17, 15) is 17.6 Å². The molecule has 1 aliphatic heterocycles. The van der Waals surface area contributed by atoms with Crippen molar-refractivity contribution >= 4 is 15.7 Å². The van der Waals surface area contributed by atoms with Crippen molar-refractivity contribution in [1.82, 2.24) is 4.90 Å². The number of amides is 1. The standard InChI is InChI=1S/C19H20FNO4S/c1-26(23,24)18-9-11-21(12-10-18)19(22)14-3-2-4-17(13-14)25-16-7-5-15(20)6-8-16/h2-8,13,18H,9-12H2,1H3. The lowest BCUT2D eigenvalue weighted by Crippen LogP contribution is -2.42. The Bertz CT molecular complexity index is 888. The first-order valence-corrected chi connectivity index (χ1v) is 10.3. The molecular weight excluding hydrogens is 357 g/mol. The summed E-state index contributed by atoms with van der Waals surface area (Å²) < 4.78 is 41.9. The van der Waals surface area contributed by atoms with Gasteiger partial charge in [0.2, 0.25) is 0 Å². The summed E-state index contributed by atoms with van der Waals surface area (Å²) >= 11 is 0. The van der Waals surface area contributed by atoms with E-state index in [1.54, 1.807) is 29.2 Å². The minimum atomic E-state index is -3.07. The SMILES string of the molecule is CS(=O)(=O)C1CCN(C(=O)c2cccc(Oc3ccc(F)cc3)c2)CC1. The fourth-order valence-electron chi connectivity index (χ4n) is 3.00. The van der Waals surface area contributed by atoms with Gasteiger partial charge in [-0.15, -0.1) is 0 Å². The number of likely N-dealkylation sites (tertiary alicyclic amines) is 1. The molecule has 2 aromatic carbocycles. The van der Waals surface area contributed by atoms with Crippen LogP contribution in [0.1, 0.15) is 23.2 Å². The third-order valence-corrected chi connectivity index (χ3v) is 6.15. The van der Waals surface area contributed by atoms with Crippen molar-refractivity contribution in [2.45, 2.75) is 18.1 Å². The summed E-state index contributed by atoms with van der Waals surface area (Å²) in [6.45, 7) is 0.833. The largest absolute Gasteiger partial charge is 0.457 e. The van der Waals surface area contributed by atoms with Gasteiger partial charge in [0.25, 0.3) is 5.91 Å². The third-order valence-electron chi connectivity index (χ3n) is 4.47. The van der Waals surface area contributed by atoms with Crippen LogP contribution in [-0.4, -0.2) is 43.8 Å². The summed E-state index contributed by atoms with van der Waals surface area (Å²) in [5, 5.41) is -0.375. The van der Waals surface area contributed by atoms with Crippen LogP contribution in [0.25, 0.3) is 0 Å². The highest BCUT2D eigenvalue weighted by Gasteiger charge is 2.29. The smallest absolute Gasteiger partial charge is 0.253 e. The molecule has 0 N–H and O–H groups in total. The summed E-state index contributed by atoms with van der Waals surface area (Å²) in [6.07, 6.45) is 2.15. The molecule has 2 aromatic rings. The molecule has 0 unspecified atom stereocenters. The van der Waals surface area contributed by atoms with Crippen LogP contribution in [0, 0.1) is 5.82 Å². The second-order valence-corrected chi connectivity index (χ2v) is 8.73. The van der Waals surface area contributed by atoms with E-state index in [1.807, 2.05) is 0 Å². The number of sulfone groups is 1. The van der Waals surface area contributed by atoms with Crippen LogP contribution in [0.3, 0.4) is 0 Å². The minimum absolute atomic E-state index is 0.151. The van der Waals surface area contributed by atoms with Crippen LogP contribution in [0.2, 0.25) is 0 Å². The number of hydrogen-bond acceptors (Lipinski definition) is 4. The van der Waals surface area contributed by atoms with Gasteiger partial charge < -0.3 is 9.64 Å². The van der Waals surface area contributed by atoms with Crippen molar-refractivity contribution in [2.75, 3.05) is 19.3 Å². The fraction of sp³-hybridized carbons (Fsp3) is 0.316. The molecule has 1 fully saturated rings. The van der Waals surface area contributed by atoms with E-state index >= 15 is 0 Å². The lowest BCUT2D eigenvalue weighted by Gasteiger charge is -2.31. The fourth-order valence-corrected chi connectivity index (χ4v) is 4.07. The molecule has 0 bridgehead atoms. The van der Waals surface area contributed by atoms with Gasteiger partial charge in [-0.2, -0.15) is 0 Å². The van der Waals surface area contributed by atoms with E-state index in [1.165, 1.54) is 30.5 Å². The van der Waals surface area contributed by atoms with Gasteiger partial charge in [-0.05, 0) is 55.3 Å². The number of piperidine rings is 1. The molecule has 0 atom stereocenters. The Labute approximate surface area is 152 Å². The highest BCUT2D eigenvalue weighted by molar-refractivity contribution is 7.91. The normalized spacial score (nSPS) is 15.7. The maximum Gasteiger partial charge on any atom is 0.253 e. The van der Waals surface area contributed by atoms with Crippen LogP contribution < -0.4 is 4.74 Å². The Morgan fingerprint density at radius 3 is 2.35 bits per heavy atom. The van der Waals surface area contributed by atoms with E-state index in [2.05, 4.69) is 0 Å². The molecule has 1 saturated heterocycles. The average Bonchev–Trinajstić information content (AvgIpc) is 2.63. The summed E-state index contributed by atoms with van der Waals surface area (Å²) in [5.41, 5.74) is 0.474. The molecule has 0 aliphatic carbocycles. The van der Waals surface area contributed by atoms with Crippen molar-refractivity contribution in [3.8, 4) is 11.5 Å². The van der Waals surface area contributed by atoms with Crippen molar-refractivity contribution in [1.29, 1.82) is 0 Å². The van der Waals surface area contributed by atoms with Crippen molar-refractivity contribution in [2.24, 2.45) is 0 Å². The number of halogens is 1. The lowest BCUT2D eigenvalue weighted by molar-refractivity contribution is 0.0725. The molecule has 1 heterocycles. The minimum Gasteiger partial charge on any atom is -0.457 e. The third kappa shape index (κ3) is 4.40. The predicted octanol–water partition coefficient (Wildman–Crippen LogP) is 3.27. The molecule has 26 heavy (non-hydrogen) atoms. The summed E-state index contributed by atoms with van der Waals surface area (Å²) in [7, 11) is -3.07. The van der Waals surface area contributed by atoms with Gasteiger partial charge in [0.1, 0.15) is 27.2 Å². The van der Waals surface area contributed by atoms with Gasteiger partial charge in [0.15, 0.2) is 0 Å². The van der Waals surface area contributed by atoms with E-state index in [0.717, 1.165) is 0 Å². The predicted molar refractivity (Wildman–Crippen MR) is 96.7 cm³/mol. The molecule has 3 rings (SSSR count). The number of rotatable bonds is 4. The van der Waals surface area contributed by atoms with Crippen LogP contribution in [0.15, 0.2) is 48.5 Å². The Morgan fingerprint density at radius 1 is 1.08 bits per heavy atom. The Balaban J connectivity index is 1.68. The summed E-state index contributed by atoms with van der Waals surface area (Å²) in [5.74, 6) is 0.457. The second kappa shape index (κ2) is 7.45. The monoisotopic (exact) mass is 377 g/mol. The van der Waals surface area contributed by atoms with E-state index in [-0.39, 0.29) is 17.0 Å². The van der Waals surface area contributed by atoms with Gasteiger partial charge in [-0.3, -0.25) is 4.79 Å². The zero-order valence-corrected chi connectivity index (χ0v) is 15.2. The number of ether oxygens (including phenoxy) is 1. The quantitative estimate of drug-likeness (QED) is 0.820. The van der Waals surface area contributed by atoms with E-state index < -0.39 is 9.84 Å². The molecule has 138 valence electrons. The van der Waals surface area contributed by atoms with Crippen LogP contribution >= 0.6 is 0 Å². The highest BCUT2D eigenvalue weighted by Crippen LogP contribution is 2.24. The van der Waals surface area contributed by atoms with Crippen LogP contribution in [0.5, 0.6) is 11.5 Å². The molecule has 7 heteroatoms. The Hall–Kier alpha value is -2.41. The lowest BCUT2D eigenvalue weighted by atomic mass is 10.1. The molecule has 1 aliphatic rings. The maximum absolute atomic E-state index is 13.0. The number of carbonyl (C=O) groups excluding carboxylic acids is 1. The van der Waals surface area contributed by atoms with Gasteiger partial charge in [0, 0.05) is 24.9 Å². The topological polar surface area (TPSA) is 63.7 Å². The number of carbonyl (C=O) groups is 1. The van der Waals surface area contributed by atoms with Crippen molar-refractivity contribution < 1.29 is 22.3 Å². The van der Waals surface area contributed by atoms with Gasteiger partial charge in [-0.25, -0.2) is 12.8 Å². The van der Waals surface area contributed by atoms with E-state index in [4.69, 9.17) is 4.74 Å². The van der Waals surface area contributed by atoms with Crippen LogP contribution in [-0.2, 0) is 9.84 Å². The zero-order valence-electron chi connectivity index (χ0n) is 14.4. The molecule has 0 aromatic heterocycles. The Morgan fingerprint density at radius 2 is 1.73 bits per heavy atom.